The molecule has 0 spiro atoms. The number of hydrogen-bond donors (Lipinski definition) is 1. The van der Waals surface area contributed by atoms with E-state index in [2.05, 4.69) is 33.1 Å². The van der Waals surface area contributed by atoms with Gasteiger partial charge < -0.3 is 10.6 Å². The van der Waals surface area contributed by atoms with Crippen molar-refractivity contribution in [2.45, 2.75) is 12.8 Å². The Morgan fingerprint density at radius 3 is 2.89 bits per heavy atom. The molecule has 0 saturated carbocycles. The second-order valence-electron chi connectivity index (χ2n) is 4.29. The lowest BCUT2D eigenvalue weighted by atomic mass is 10.0. The first kappa shape index (κ1) is 11.3. The topological polar surface area (TPSA) is 55.0 Å². The molecule has 0 fully saturated rings. The lowest BCUT2D eigenvalue weighted by Gasteiger charge is -2.30. The van der Waals surface area contributed by atoms with E-state index in [1.165, 1.54) is 11.3 Å². The average molecular weight is 261 g/mol. The van der Waals surface area contributed by atoms with Crippen molar-refractivity contribution in [2.24, 2.45) is 0 Å². The van der Waals surface area contributed by atoms with Crippen LogP contribution in [0, 0.1) is 0 Å². The highest BCUT2D eigenvalue weighted by Gasteiger charge is 2.19. The first-order chi connectivity index (χ1) is 8.74. The number of aromatic nitrogens is 2. The summed E-state index contributed by atoms with van der Waals surface area (Å²) in [6.45, 7) is 0.920. The Balaban J connectivity index is 2.08. The molecule has 0 aliphatic carbocycles. The molecule has 2 N–H and O–H groups in total. The zero-order chi connectivity index (χ0) is 12.5. The van der Waals surface area contributed by atoms with Gasteiger partial charge in [0.2, 0.25) is 5.95 Å². The van der Waals surface area contributed by atoms with E-state index in [0.717, 1.165) is 25.2 Å². The van der Waals surface area contributed by atoms with E-state index in [0.29, 0.717) is 5.15 Å². The molecular formula is C13H13ClN4. The summed E-state index contributed by atoms with van der Waals surface area (Å²) in [5.41, 5.74) is 8.16. The minimum atomic E-state index is 0.209. The van der Waals surface area contributed by atoms with E-state index in [1.54, 1.807) is 6.07 Å². The average Bonchev–Trinajstić information content (AvgIpc) is 2.37. The van der Waals surface area contributed by atoms with E-state index in [4.69, 9.17) is 17.3 Å². The van der Waals surface area contributed by atoms with E-state index in [-0.39, 0.29) is 5.95 Å². The highest BCUT2D eigenvalue weighted by atomic mass is 35.5. The molecule has 3 rings (SSSR count). The third-order valence-corrected chi connectivity index (χ3v) is 3.28. The predicted molar refractivity (Wildman–Crippen MR) is 73.2 cm³/mol. The fraction of sp³-hybridized carbons (Fsp3) is 0.231. The van der Waals surface area contributed by atoms with Crippen LogP contribution in [0.25, 0.3) is 0 Å². The SMILES string of the molecule is Nc1nc(Cl)cc(N2CCCc3ccccc32)n1. The molecule has 2 aromatic rings. The third kappa shape index (κ3) is 1.99. The van der Waals surface area contributed by atoms with E-state index in [1.807, 2.05) is 6.07 Å². The molecule has 0 saturated heterocycles. The minimum Gasteiger partial charge on any atom is -0.368 e. The van der Waals surface area contributed by atoms with Crippen molar-refractivity contribution in [3.8, 4) is 0 Å². The maximum atomic E-state index is 5.94. The van der Waals surface area contributed by atoms with Gasteiger partial charge in [-0.05, 0) is 24.5 Å². The van der Waals surface area contributed by atoms with E-state index in [9.17, 15) is 0 Å². The summed E-state index contributed by atoms with van der Waals surface area (Å²) in [6.07, 6.45) is 2.19. The summed E-state index contributed by atoms with van der Waals surface area (Å²) in [6, 6.07) is 10.1. The molecule has 1 aliphatic rings. The Labute approximate surface area is 110 Å². The van der Waals surface area contributed by atoms with Gasteiger partial charge in [-0.3, -0.25) is 0 Å². The number of nitrogen functional groups attached to an aromatic ring is 1. The van der Waals surface area contributed by atoms with Crippen LogP contribution in [0.5, 0.6) is 0 Å². The van der Waals surface area contributed by atoms with Gasteiger partial charge in [-0.1, -0.05) is 29.8 Å². The van der Waals surface area contributed by atoms with Crippen molar-refractivity contribution in [1.82, 2.24) is 9.97 Å². The van der Waals surface area contributed by atoms with Crippen LogP contribution < -0.4 is 10.6 Å². The number of anilines is 3. The normalized spacial score (nSPS) is 14.4. The van der Waals surface area contributed by atoms with Gasteiger partial charge in [-0.25, -0.2) is 4.98 Å². The Kier molecular flexibility index (Phi) is 2.80. The Bertz CT molecular complexity index is 565. The van der Waals surface area contributed by atoms with Gasteiger partial charge in [0.25, 0.3) is 0 Å². The fourth-order valence-electron chi connectivity index (χ4n) is 2.33. The number of nitrogens with zero attached hydrogens (tertiary/aromatic N) is 3. The number of hydrogen-bond acceptors (Lipinski definition) is 4. The second kappa shape index (κ2) is 4.46. The summed E-state index contributed by atoms with van der Waals surface area (Å²) in [7, 11) is 0. The van der Waals surface area contributed by atoms with Gasteiger partial charge in [0, 0.05) is 18.3 Å². The lowest BCUT2D eigenvalue weighted by Crippen LogP contribution is -2.25. The molecule has 0 amide bonds. The second-order valence-corrected chi connectivity index (χ2v) is 4.68. The predicted octanol–water partition coefficient (Wildman–Crippen LogP) is 2.80. The Morgan fingerprint density at radius 2 is 2.06 bits per heavy atom. The van der Waals surface area contributed by atoms with Gasteiger partial charge >= 0.3 is 0 Å². The van der Waals surface area contributed by atoms with Crippen molar-refractivity contribution in [3.05, 3.63) is 41.0 Å². The van der Waals surface area contributed by atoms with Gasteiger partial charge in [0.1, 0.15) is 11.0 Å². The number of fused-ring (bicyclic) bond motifs is 1. The molecule has 2 heterocycles. The number of benzene rings is 1. The van der Waals surface area contributed by atoms with Gasteiger partial charge in [-0.15, -0.1) is 0 Å². The van der Waals surface area contributed by atoms with Crippen LogP contribution in [0.15, 0.2) is 30.3 Å². The summed E-state index contributed by atoms with van der Waals surface area (Å²) >= 11 is 5.94. The molecule has 0 atom stereocenters. The molecular weight excluding hydrogens is 248 g/mol. The third-order valence-electron chi connectivity index (χ3n) is 3.09. The van der Waals surface area contributed by atoms with Crippen molar-refractivity contribution < 1.29 is 0 Å². The molecule has 1 aromatic carbocycles. The van der Waals surface area contributed by atoms with E-state index < -0.39 is 0 Å². The number of halogens is 1. The van der Waals surface area contributed by atoms with Crippen molar-refractivity contribution in [1.29, 1.82) is 0 Å². The zero-order valence-electron chi connectivity index (χ0n) is 9.81. The highest BCUT2D eigenvalue weighted by molar-refractivity contribution is 6.29. The Morgan fingerprint density at radius 1 is 1.22 bits per heavy atom. The highest BCUT2D eigenvalue weighted by Crippen LogP contribution is 2.33. The molecule has 1 aliphatic heterocycles. The summed E-state index contributed by atoms with van der Waals surface area (Å²) in [5.74, 6) is 0.972. The molecule has 4 nitrogen and oxygen atoms in total. The van der Waals surface area contributed by atoms with E-state index >= 15 is 0 Å². The molecule has 0 bridgehead atoms. The van der Waals surface area contributed by atoms with Crippen LogP contribution in [0.4, 0.5) is 17.5 Å². The summed E-state index contributed by atoms with van der Waals surface area (Å²) in [4.78, 5) is 10.3. The van der Waals surface area contributed by atoms with Crippen LogP contribution in [-0.4, -0.2) is 16.5 Å². The first-order valence-corrected chi connectivity index (χ1v) is 6.27. The first-order valence-electron chi connectivity index (χ1n) is 5.89. The van der Waals surface area contributed by atoms with Crippen LogP contribution in [0.1, 0.15) is 12.0 Å². The van der Waals surface area contributed by atoms with Gasteiger partial charge in [0.15, 0.2) is 0 Å². The number of para-hydroxylation sites is 1. The summed E-state index contributed by atoms with van der Waals surface area (Å²) < 4.78 is 0. The zero-order valence-corrected chi connectivity index (χ0v) is 10.6. The van der Waals surface area contributed by atoms with Crippen LogP contribution >= 0.6 is 11.6 Å². The van der Waals surface area contributed by atoms with Crippen molar-refractivity contribution >= 4 is 29.1 Å². The minimum absolute atomic E-state index is 0.209. The van der Waals surface area contributed by atoms with Gasteiger partial charge in [-0.2, -0.15) is 4.98 Å². The molecule has 5 heteroatoms. The standard InChI is InChI=1S/C13H13ClN4/c14-11-8-12(17-13(15)16-11)18-7-3-5-9-4-1-2-6-10(9)18/h1-2,4,6,8H,3,5,7H2,(H2,15,16,17). The molecule has 0 radical (unpaired) electrons. The maximum Gasteiger partial charge on any atom is 0.223 e. The van der Waals surface area contributed by atoms with Crippen LogP contribution in [-0.2, 0) is 6.42 Å². The van der Waals surface area contributed by atoms with Crippen molar-refractivity contribution in [2.75, 3.05) is 17.2 Å². The molecule has 1 aromatic heterocycles. The smallest absolute Gasteiger partial charge is 0.223 e. The molecule has 0 unspecified atom stereocenters. The van der Waals surface area contributed by atoms with Gasteiger partial charge in [0.05, 0.1) is 0 Å². The number of rotatable bonds is 1. The largest absolute Gasteiger partial charge is 0.368 e. The fourth-order valence-corrected chi connectivity index (χ4v) is 2.52. The molecule has 18 heavy (non-hydrogen) atoms. The Hall–Kier alpha value is -1.81. The number of nitrogens with two attached hydrogens (primary N) is 1. The quantitative estimate of drug-likeness (QED) is 0.801. The number of aryl methyl sites for hydroxylation is 1. The summed E-state index contributed by atoms with van der Waals surface area (Å²) in [5, 5.41) is 0.376. The van der Waals surface area contributed by atoms with Crippen LogP contribution in [0.2, 0.25) is 5.15 Å². The van der Waals surface area contributed by atoms with Crippen LogP contribution in [0.3, 0.4) is 0 Å². The maximum absolute atomic E-state index is 5.94. The van der Waals surface area contributed by atoms with Crippen molar-refractivity contribution in [3.63, 3.8) is 0 Å². The molecule has 92 valence electrons. The lowest BCUT2D eigenvalue weighted by molar-refractivity contribution is 0.759. The monoisotopic (exact) mass is 260 g/mol.